The molecule has 80 valence electrons. The Morgan fingerprint density at radius 1 is 1.12 bits per heavy atom. The van der Waals surface area contributed by atoms with Gasteiger partial charge < -0.3 is 4.98 Å². The normalized spacial score (nSPS) is 21.0. The van der Waals surface area contributed by atoms with Crippen LogP contribution in [0.3, 0.4) is 0 Å². The van der Waals surface area contributed by atoms with E-state index in [1.54, 1.807) is 0 Å². The summed E-state index contributed by atoms with van der Waals surface area (Å²) in [6, 6.07) is 0. The number of aryl methyl sites for hydroxylation is 1. The van der Waals surface area contributed by atoms with E-state index in [1.165, 1.54) is 59.3 Å². The lowest BCUT2D eigenvalue weighted by atomic mass is 9.95. The highest BCUT2D eigenvalue weighted by Gasteiger charge is 2.20. The van der Waals surface area contributed by atoms with E-state index >= 15 is 0 Å². The zero-order chi connectivity index (χ0) is 10.5. The Kier molecular flexibility index (Phi) is 1.62. The Hall–Kier alpha value is -1.50. The number of nitrogens with zero attached hydrogens (tertiary/aromatic N) is 1. The van der Waals surface area contributed by atoms with Crippen LogP contribution in [0.1, 0.15) is 41.8 Å². The van der Waals surface area contributed by atoms with Crippen LogP contribution in [-0.2, 0) is 12.8 Å². The van der Waals surface area contributed by atoms with E-state index in [2.05, 4.69) is 24.3 Å². The second-order valence-corrected chi connectivity index (χ2v) is 4.86. The predicted molar refractivity (Wildman–Crippen MR) is 66.1 cm³/mol. The van der Waals surface area contributed by atoms with Crippen LogP contribution in [0.25, 0.3) is 11.6 Å². The number of rotatable bonds is 0. The molecule has 1 heterocycles. The van der Waals surface area contributed by atoms with Crippen molar-refractivity contribution in [2.75, 3.05) is 0 Å². The molecule has 1 aromatic heterocycles. The molecule has 1 heteroatoms. The fourth-order valence-electron chi connectivity index (χ4n) is 3.11. The molecule has 0 saturated heterocycles. The summed E-state index contributed by atoms with van der Waals surface area (Å²) in [5, 5.41) is 0. The fraction of sp³-hybridized carbons (Fsp3) is 0.333. The van der Waals surface area contributed by atoms with Gasteiger partial charge in [-0.3, -0.25) is 0 Å². The monoisotopic (exact) mass is 208 g/mol. The van der Waals surface area contributed by atoms with Gasteiger partial charge in [0, 0.05) is 0 Å². The maximum absolute atomic E-state index is 4.86. The predicted octanol–water partition coefficient (Wildman–Crippen LogP) is 3.26. The van der Waals surface area contributed by atoms with Crippen LogP contribution < -0.4 is 4.98 Å². The average molecular weight is 208 g/mol. The molecule has 0 amide bonds. The third-order valence-corrected chi connectivity index (χ3v) is 3.89. The first-order valence-corrected chi connectivity index (χ1v) is 6.21. The minimum Gasteiger partial charge on any atom is -0.660 e. The molecule has 0 aliphatic heterocycles. The van der Waals surface area contributed by atoms with Crippen molar-refractivity contribution in [3.8, 4) is 0 Å². The smallest absolute Gasteiger partial charge is 0.0157 e. The standard InChI is InChI=1S/C15H14N/c1-2-6-11-10(5-1)9-13-12-7-3-4-8-14(12)16-15(11)13/h1,5-6,9H,2-4,7-8H2/q-1. The van der Waals surface area contributed by atoms with E-state index in [9.17, 15) is 0 Å². The molecule has 0 saturated carbocycles. The molecule has 0 aromatic carbocycles. The lowest BCUT2D eigenvalue weighted by Crippen LogP contribution is -2.02. The van der Waals surface area contributed by atoms with Crippen molar-refractivity contribution in [3.63, 3.8) is 0 Å². The number of aromatic nitrogens is 1. The van der Waals surface area contributed by atoms with Crippen LogP contribution in [-0.4, -0.2) is 0 Å². The second-order valence-electron chi connectivity index (χ2n) is 4.86. The van der Waals surface area contributed by atoms with Gasteiger partial charge in [0.25, 0.3) is 0 Å². The van der Waals surface area contributed by atoms with E-state index in [1.807, 2.05) is 0 Å². The summed E-state index contributed by atoms with van der Waals surface area (Å²) in [6.45, 7) is 0. The Bertz CT molecular complexity index is 552. The number of allylic oxidation sites excluding steroid dienone is 5. The summed E-state index contributed by atoms with van der Waals surface area (Å²) < 4.78 is 0. The summed E-state index contributed by atoms with van der Waals surface area (Å²) in [5.41, 5.74) is 8.37. The number of hydrogen-bond acceptors (Lipinski definition) is 0. The summed E-state index contributed by atoms with van der Waals surface area (Å²) in [5.74, 6) is 0. The van der Waals surface area contributed by atoms with Gasteiger partial charge in [-0.15, -0.1) is 5.69 Å². The maximum atomic E-state index is 4.86. The van der Waals surface area contributed by atoms with Gasteiger partial charge in [0.15, 0.2) is 0 Å². The maximum Gasteiger partial charge on any atom is -0.0157 e. The molecule has 1 aromatic rings. The van der Waals surface area contributed by atoms with Crippen molar-refractivity contribution < 1.29 is 0 Å². The zero-order valence-electron chi connectivity index (χ0n) is 9.29. The molecule has 16 heavy (non-hydrogen) atoms. The van der Waals surface area contributed by atoms with Gasteiger partial charge in [0.1, 0.15) is 0 Å². The second kappa shape index (κ2) is 3.00. The van der Waals surface area contributed by atoms with Crippen LogP contribution in [0.15, 0.2) is 23.8 Å². The van der Waals surface area contributed by atoms with Gasteiger partial charge in [-0.25, -0.2) is 0 Å². The first-order chi connectivity index (χ1) is 7.93. The zero-order valence-corrected chi connectivity index (χ0v) is 9.29. The Morgan fingerprint density at radius 3 is 3.06 bits per heavy atom. The lowest BCUT2D eigenvalue weighted by molar-refractivity contribution is 0.674. The Morgan fingerprint density at radius 2 is 2.06 bits per heavy atom. The lowest BCUT2D eigenvalue weighted by Gasteiger charge is -2.19. The van der Waals surface area contributed by atoms with Crippen molar-refractivity contribution in [2.24, 2.45) is 0 Å². The topological polar surface area (TPSA) is 14.1 Å². The van der Waals surface area contributed by atoms with Crippen LogP contribution in [0.2, 0.25) is 0 Å². The van der Waals surface area contributed by atoms with Crippen molar-refractivity contribution in [2.45, 2.75) is 32.1 Å². The number of hydrogen-bond donors (Lipinski definition) is 0. The van der Waals surface area contributed by atoms with E-state index in [4.69, 9.17) is 4.98 Å². The van der Waals surface area contributed by atoms with Crippen LogP contribution >= 0.6 is 0 Å². The molecule has 0 unspecified atom stereocenters. The van der Waals surface area contributed by atoms with E-state index in [0.29, 0.717) is 0 Å². The van der Waals surface area contributed by atoms with Crippen molar-refractivity contribution in [1.29, 1.82) is 0 Å². The van der Waals surface area contributed by atoms with Crippen LogP contribution in [0.5, 0.6) is 0 Å². The highest BCUT2D eigenvalue weighted by Crippen LogP contribution is 2.41. The van der Waals surface area contributed by atoms with Crippen LogP contribution in [0.4, 0.5) is 0 Å². The molecule has 0 fully saturated rings. The first-order valence-electron chi connectivity index (χ1n) is 6.21. The van der Waals surface area contributed by atoms with Gasteiger partial charge in [0.2, 0.25) is 0 Å². The minimum absolute atomic E-state index is 1.06. The van der Waals surface area contributed by atoms with Gasteiger partial charge in [-0.1, -0.05) is 30.2 Å². The van der Waals surface area contributed by atoms with E-state index in [0.717, 1.165) is 6.42 Å². The molecule has 0 atom stereocenters. The summed E-state index contributed by atoms with van der Waals surface area (Å²) >= 11 is 0. The minimum atomic E-state index is 1.06. The van der Waals surface area contributed by atoms with Crippen molar-refractivity contribution >= 4 is 11.6 Å². The van der Waals surface area contributed by atoms with Crippen LogP contribution in [0, 0.1) is 0 Å². The fourth-order valence-corrected chi connectivity index (χ4v) is 3.11. The third kappa shape index (κ3) is 1.01. The molecular weight excluding hydrogens is 194 g/mol. The highest BCUT2D eigenvalue weighted by molar-refractivity contribution is 5.97. The van der Waals surface area contributed by atoms with Crippen molar-refractivity contribution in [3.05, 3.63) is 46.3 Å². The first kappa shape index (κ1) is 8.63. The summed E-state index contributed by atoms with van der Waals surface area (Å²) in [4.78, 5) is 4.86. The molecule has 3 aliphatic carbocycles. The Labute approximate surface area is 95.6 Å². The third-order valence-electron chi connectivity index (χ3n) is 3.89. The van der Waals surface area contributed by atoms with Gasteiger partial charge in [0.05, 0.1) is 0 Å². The Balaban J connectivity index is 1.95. The summed E-state index contributed by atoms with van der Waals surface area (Å²) in [6.07, 6.45) is 15.3. The molecule has 0 N–H and O–H groups in total. The van der Waals surface area contributed by atoms with E-state index in [-0.39, 0.29) is 0 Å². The average Bonchev–Trinajstić information content (AvgIpc) is 2.85. The molecule has 4 rings (SSSR count). The van der Waals surface area contributed by atoms with Gasteiger partial charge in [-0.2, -0.15) is 5.69 Å². The molecule has 0 radical (unpaired) electrons. The molecule has 0 bridgehead atoms. The quantitative estimate of drug-likeness (QED) is 0.638. The van der Waals surface area contributed by atoms with Crippen molar-refractivity contribution in [1.82, 2.24) is 4.98 Å². The molecule has 0 spiro atoms. The van der Waals surface area contributed by atoms with E-state index < -0.39 is 0 Å². The molecule has 1 nitrogen and oxygen atoms in total. The largest absolute Gasteiger partial charge is 0.660 e. The number of fused-ring (bicyclic) bond motifs is 5. The summed E-state index contributed by atoms with van der Waals surface area (Å²) in [7, 11) is 0. The van der Waals surface area contributed by atoms with Gasteiger partial charge >= 0.3 is 0 Å². The molecular formula is C15H14N-. The molecule has 3 aliphatic rings. The highest BCUT2D eigenvalue weighted by atomic mass is 14.8. The SMILES string of the molecule is C1=CC2=Cc3c([n-]c4c3CCCC4)C2=CC1. The van der Waals surface area contributed by atoms with Gasteiger partial charge in [-0.05, 0) is 48.5 Å².